The predicted octanol–water partition coefficient (Wildman–Crippen LogP) is 3.98. The molecule has 0 aromatic heterocycles. The highest BCUT2D eigenvalue weighted by Crippen LogP contribution is 2.33. The second-order valence-electron chi connectivity index (χ2n) is 12.5. The number of hydrogen-bond donors (Lipinski definition) is 5. The topological polar surface area (TPSA) is 146 Å². The molecule has 10 nitrogen and oxygen atoms in total. The van der Waals surface area contributed by atoms with E-state index >= 15 is 0 Å². The number of nitrogens with one attached hydrogen (secondary N) is 4. The van der Waals surface area contributed by atoms with Crippen molar-refractivity contribution in [1.82, 2.24) is 21.3 Å². The van der Waals surface area contributed by atoms with Crippen LogP contribution in [-0.4, -0.2) is 65.8 Å². The summed E-state index contributed by atoms with van der Waals surface area (Å²) in [6, 6.07) is 17.7. The maximum atomic E-state index is 13.5. The van der Waals surface area contributed by atoms with Gasteiger partial charge in [-0.1, -0.05) is 73.5 Å². The van der Waals surface area contributed by atoms with Crippen molar-refractivity contribution in [3.63, 3.8) is 0 Å². The number of aryl methyl sites for hydroxylation is 1. The number of rotatable bonds is 18. The molecule has 0 unspecified atom stereocenters. The van der Waals surface area contributed by atoms with E-state index in [4.69, 9.17) is 4.74 Å². The number of carboxylic acid groups (broad SMARTS) is 1. The quantitative estimate of drug-likeness (QED) is 0.161. The van der Waals surface area contributed by atoms with Crippen molar-refractivity contribution in [2.24, 2.45) is 5.92 Å². The molecule has 1 aliphatic rings. The summed E-state index contributed by atoms with van der Waals surface area (Å²) < 4.78 is 5.48. The number of carbonyl (C=O) groups excluding carboxylic acids is 3. The Morgan fingerprint density at radius 1 is 0.886 bits per heavy atom. The first-order valence-electron chi connectivity index (χ1n) is 15.6. The van der Waals surface area contributed by atoms with Gasteiger partial charge in [-0.2, -0.15) is 0 Å². The van der Waals surface area contributed by atoms with E-state index in [2.05, 4.69) is 21.3 Å². The molecule has 0 saturated heterocycles. The molecule has 240 valence electrons. The fourth-order valence-electron chi connectivity index (χ4n) is 4.88. The highest BCUT2D eigenvalue weighted by atomic mass is 16.6. The predicted molar refractivity (Wildman–Crippen MR) is 169 cm³/mol. The van der Waals surface area contributed by atoms with Gasteiger partial charge >= 0.3 is 12.1 Å². The third kappa shape index (κ3) is 14.0. The van der Waals surface area contributed by atoms with Crippen molar-refractivity contribution in [1.29, 1.82) is 0 Å². The van der Waals surface area contributed by atoms with Crippen molar-refractivity contribution in [3.05, 3.63) is 71.8 Å². The van der Waals surface area contributed by atoms with Gasteiger partial charge in [0.15, 0.2) is 0 Å². The standard InChI is InChI=1S/C34H48N4O6/c1-34(2,3)44-33(43)37-27(21-25-13-8-5-9-14-25)23-36-29(22-26-16-17-26)32(42)38-28(18-19-30(39)40)31(41)35-20-10-15-24-11-6-4-7-12-24/h4-9,11-14,26-29,36H,10,15-23H2,1-3H3,(H,35,41)(H,37,43)(H,38,42)(H,39,40)/t27-,28-,29-/m0/s1. The fourth-order valence-corrected chi connectivity index (χ4v) is 4.88. The van der Waals surface area contributed by atoms with Gasteiger partial charge in [0.25, 0.3) is 0 Å². The minimum absolute atomic E-state index is 0.0153. The van der Waals surface area contributed by atoms with Crippen LogP contribution < -0.4 is 21.3 Å². The average molecular weight is 609 g/mol. The Hall–Kier alpha value is -3.92. The van der Waals surface area contributed by atoms with Gasteiger partial charge in [0.1, 0.15) is 11.6 Å². The number of aliphatic carboxylic acids is 1. The monoisotopic (exact) mass is 608 g/mol. The molecule has 0 spiro atoms. The van der Waals surface area contributed by atoms with Crippen molar-refractivity contribution in [2.75, 3.05) is 13.1 Å². The lowest BCUT2D eigenvalue weighted by molar-refractivity contribution is -0.138. The van der Waals surface area contributed by atoms with Gasteiger partial charge in [-0.3, -0.25) is 14.4 Å². The Labute approximate surface area is 260 Å². The Morgan fingerprint density at radius 3 is 2.11 bits per heavy atom. The van der Waals surface area contributed by atoms with Gasteiger partial charge in [0.2, 0.25) is 11.8 Å². The number of hydrogen-bond acceptors (Lipinski definition) is 6. The Balaban J connectivity index is 1.62. The third-order valence-corrected chi connectivity index (χ3v) is 7.30. The molecule has 2 aromatic carbocycles. The van der Waals surface area contributed by atoms with Crippen LogP contribution in [0.15, 0.2) is 60.7 Å². The highest BCUT2D eigenvalue weighted by molar-refractivity contribution is 5.90. The summed E-state index contributed by atoms with van der Waals surface area (Å²) in [5.41, 5.74) is 1.53. The summed E-state index contributed by atoms with van der Waals surface area (Å²) in [7, 11) is 0. The number of carbonyl (C=O) groups is 4. The second kappa shape index (κ2) is 17.4. The van der Waals surface area contributed by atoms with Crippen LogP contribution in [0, 0.1) is 5.92 Å². The lowest BCUT2D eigenvalue weighted by Crippen LogP contribution is -2.55. The van der Waals surface area contributed by atoms with Crippen molar-refractivity contribution in [2.45, 2.75) is 95.9 Å². The molecular weight excluding hydrogens is 560 g/mol. The molecular formula is C34H48N4O6. The summed E-state index contributed by atoms with van der Waals surface area (Å²) >= 11 is 0. The van der Waals surface area contributed by atoms with Gasteiger partial charge in [0, 0.05) is 25.6 Å². The zero-order valence-corrected chi connectivity index (χ0v) is 26.1. The molecule has 1 fully saturated rings. The molecule has 3 atom stereocenters. The number of amides is 3. The smallest absolute Gasteiger partial charge is 0.407 e. The molecule has 3 amide bonds. The lowest BCUT2D eigenvalue weighted by Gasteiger charge is -2.27. The number of carboxylic acids is 1. The van der Waals surface area contributed by atoms with Crippen LogP contribution in [0.1, 0.15) is 70.4 Å². The van der Waals surface area contributed by atoms with Crippen molar-refractivity contribution >= 4 is 23.9 Å². The highest BCUT2D eigenvalue weighted by Gasteiger charge is 2.32. The van der Waals surface area contributed by atoms with E-state index < -0.39 is 35.7 Å². The first-order chi connectivity index (χ1) is 21.0. The molecule has 44 heavy (non-hydrogen) atoms. The van der Waals surface area contributed by atoms with Crippen LogP contribution in [0.5, 0.6) is 0 Å². The molecule has 2 aromatic rings. The number of benzene rings is 2. The van der Waals surface area contributed by atoms with Crippen molar-refractivity contribution < 1.29 is 29.0 Å². The van der Waals surface area contributed by atoms with E-state index in [1.807, 2.05) is 60.7 Å². The number of ether oxygens (including phenoxy) is 1. The normalized spacial score (nSPS) is 15.0. The van der Waals surface area contributed by atoms with Crippen molar-refractivity contribution in [3.8, 4) is 0 Å². The van der Waals surface area contributed by atoms with Crippen LogP contribution >= 0.6 is 0 Å². The van der Waals surface area contributed by atoms with Gasteiger partial charge < -0.3 is 31.1 Å². The minimum Gasteiger partial charge on any atom is -0.481 e. The first kappa shape index (κ1) is 34.6. The zero-order chi connectivity index (χ0) is 32.0. The zero-order valence-electron chi connectivity index (χ0n) is 26.1. The first-order valence-corrected chi connectivity index (χ1v) is 15.6. The molecule has 0 heterocycles. The molecule has 0 aliphatic heterocycles. The van der Waals surface area contributed by atoms with Gasteiger partial charge in [-0.05, 0) is 69.9 Å². The Kier molecular flexibility index (Phi) is 13.7. The summed E-state index contributed by atoms with van der Waals surface area (Å²) in [6.07, 6.45) is 3.87. The molecule has 3 rings (SSSR count). The Bertz CT molecular complexity index is 1200. The molecule has 0 bridgehead atoms. The van der Waals surface area contributed by atoms with E-state index in [1.54, 1.807) is 20.8 Å². The molecule has 5 N–H and O–H groups in total. The summed E-state index contributed by atoms with van der Waals surface area (Å²) in [4.78, 5) is 50.6. The van der Waals surface area contributed by atoms with Gasteiger partial charge in [0.05, 0.1) is 6.04 Å². The largest absolute Gasteiger partial charge is 0.481 e. The van der Waals surface area contributed by atoms with Crippen LogP contribution in [0.2, 0.25) is 0 Å². The third-order valence-electron chi connectivity index (χ3n) is 7.30. The summed E-state index contributed by atoms with van der Waals surface area (Å²) in [5.74, 6) is -1.39. The van der Waals surface area contributed by atoms with E-state index in [0.29, 0.717) is 38.3 Å². The van der Waals surface area contributed by atoms with E-state index in [0.717, 1.165) is 30.4 Å². The fraction of sp³-hybridized carbons (Fsp3) is 0.529. The Morgan fingerprint density at radius 2 is 1.52 bits per heavy atom. The van der Waals surface area contributed by atoms with Gasteiger partial charge in [-0.25, -0.2) is 4.79 Å². The van der Waals surface area contributed by atoms with E-state index in [1.165, 1.54) is 0 Å². The lowest BCUT2D eigenvalue weighted by atomic mass is 10.0. The maximum absolute atomic E-state index is 13.5. The summed E-state index contributed by atoms with van der Waals surface area (Å²) in [6.45, 7) is 6.10. The van der Waals surface area contributed by atoms with Crippen LogP contribution in [0.25, 0.3) is 0 Å². The maximum Gasteiger partial charge on any atom is 0.407 e. The van der Waals surface area contributed by atoms with Crippen LogP contribution in [0.4, 0.5) is 4.79 Å². The molecule has 0 radical (unpaired) electrons. The average Bonchev–Trinajstić information content (AvgIpc) is 3.79. The molecule has 1 saturated carbocycles. The van der Waals surface area contributed by atoms with Crippen LogP contribution in [0.3, 0.4) is 0 Å². The number of alkyl carbamates (subject to hydrolysis) is 1. The molecule has 1 aliphatic carbocycles. The minimum atomic E-state index is -1.04. The van der Waals surface area contributed by atoms with E-state index in [-0.39, 0.29) is 24.8 Å². The SMILES string of the molecule is CC(C)(C)OC(=O)N[C@H](CN[C@@H](CC1CC1)C(=O)N[C@@H](CCC(=O)O)C(=O)NCCCc1ccccc1)Cc1ccccc1. The van der Waals surface area contributed by atoms with E-state index in [9.17, 15) is 24.3 Å². The van der Waals surface area contributed by atoms with Gasteiger partial charge in [-0.15, -0.1) is 0 Å². The molecule has 10 heteroatoms. The van der Waals surface area contributed by atoms with Crippen LogP contribution in [-0.2, 0) is 32.0 Å². The second-order valence-corrected chi connectivity index (χ2v) is 12.5. The summed E-state index contributed by atoms with van der Waals surface area (Å²) in [5, 5.41) is 21.2.